The Morgan fingerprint density at radius 3 is 2.67 bits per heavy atom. The van der Waals surface area contributed by atoms with E-state index in [-0.39, 0.29) is 4.75 Å². The number of aryl methyl sites for hydroxylation is 1. The van der Waals surface area contributed by atoms with Gasteiger partial charge in [-0.05, 0) is 18.9 Å². The highest BCUT2D eigenvalue weighted by Crippen LogP contribution is 2.41. The van der Waals surface area contributed by atoms with Crippen molar-refractivity contribution in [2.45, 2.75) is 37.7 Å². The maximum absolute atomic E-state index is 9.73. The first kappa shape index (κ1) is 14.7. The van der Waals surface area contributed by atoms with Gasteiger partial charge in [-0.2, -0.15) is 17.0 Å². The van der Waals surface area contributed by atoms with Gasteiger partial charge in [-0.3, -0.25) is 4.90 Å². The molecule has 1 aromatic rings. The molecule has 0 aliphatic carbocycles. The minimum absolute atomic E-state index is 0.203. The van der Waals surface area contributed by atoms with E-state index in [0.717, 1.165) is 49.9 Å². The number of anilines is 1. The number of thioether (sulfide) groups is 1. The first-order chi connectivity index (χ1) is 10.0. The Morgan fingerprint density at radius 1 is 1.29 bits per heavy atom. The van der Waals surface area contributed by atoms with Crippen LogP contribution in [0.1, 0.15) is 36.2 Å². The van der Waals surface area contributed by atoms with Crippen LogP contribution in [0, 0.1) is 18.3 Å². The number of fused-ring (bicyclic) bond motifs is 1. The average Bonchev–Trinajstić information content (AvgIpc) is 2.46. The van der Waals surface area contributed by atoms with Crippen molar-refractivity contribution >= 4 is 17.6 Å². The first-order valence-electron chi connectivity index (χ1n) is 7.46. The molecule has 5 heteroatoms. The summed E-state index contributed by atoms with van der Waals surface area (Å²) in [5, 5.41) is 9.73. The van der Waals surface area contributed by atoms with Crippen LogP contribution in [0.3, 0.4) is 0 Å². The van der Waals surface area contributed by atoms with Gasteiger partial charge >= 0.3 is 0 Å². The smallest absolute Gasteiger partial charge is 0.293 e. The molecule has 21 heavy (non-hydrogen) atoms. The predicted octanol–water partition coefficient (Wildman–Crippen LogP) is 2.09. The van der Waals surface area contributed by atoms with Gasteiger partial charge < -0.3 is 4.74 Å². The average molecular weight is 304 g/mol. The summed E-state index contributed by atoms with van der Waals surface area (Å²) >= 11 is 1.97. The summed E-state index contributed by atoms with van der Waals surface area (Å²) < 4.78 is 5.63. The highest BCUT2D eigenvalue weighted by molar-refractivity contribution is 7.99. The van der Waals surface area contributed by atoms with Gasteiger partial charge in [0.25, 0.3) is 5.82 Å². The zero-order valence-corrected chi connectivity index (χ0v) is 13.8. The van der Waals surface area contributed by atoms with Crippen LogP contribution in [-0.4, -0.2) is 31.1 Å². The number of hydrogen-bond donors (Lipinski definition) is 0. The lowest BCUT2D eigenvalue weighted by molar-refractivity contribution is -0.375. The minimum atomic E-state index is 0.203. The normalized spacial score (nSPS) is 20.8. The summed E-state index contributed by atoms with van der Waals surface area (Å²) in [6, 6.07) is 2.46. The van der Waals surface area contributed by atoms with Crippen molar-refractivity contribution in [2.75, 3.05) is 31.2 Å². The lowest BCUT2D eigenvalue weighted by atomic mass is 9.92. The molecule has 0 aromatic carbocycles. The minimum Gasteiger partial charge on any atom is -0.373 e. The predicted molar refractivity (Wildman–Crippen MR) is 84.6 cm³/mol. The third kappa shape index (κ3) is 2.75. The molecule has 3 heterocycles. The molecule has 2 aliphatic rings. The van der Waals surface area contributed by atoms with Gasteiger partial charge in [0.15, 0.2) is 0 Å². The summed E-state index contributed by atoms with van der Waals surface area (Å²) in [7, 11) is 0. The maximum atomic E-state index is 9.73. The Morgan fingerprint density at radius 2 is 2.00 bits per heavy atom. The van der Waals surface area contributed by atoms with Crippen molar-refractivity contribution in [2.24, 2.45) is 0 Å². The number of nitrogens with one attached hydrogen (secondary N) is 1. The fourth-order valence-electron chi connectivity index (χ4n) is 3.11. The van der Waals surface area contributed by atoms with Crippen molar-refractivity contribution in [3.63, 3.8) is 0 Å². The molecule has 0 atom stereocenters. The van der Waals surface area contributed by atoms with Gasteiger partial charge in [0.05, 0.1) is 13.2 Å². The fourth-order valence-corrected chi connectivity index (χ4v) is 4.29. The topological polar surface area (TPSA) is 50.4 Å². The largest absolute Gasteiger partial charge is 0.373 e. The van der Waals surface area contributed by atoms with Gasteiger partial charge in [0, 0.05) is 16.1 Å². The number of nitrogens with zero attached hydrogens (tertiary/aromatic N) is 2. The molecular formula is C16H22N3OS+. The maximum Gasteiger partial charge on any atom is 0.293 e. The van der Waals surface area contributed by atoms with Crippen LogP contribution in [0.5, 0.6) is 0 Å². The SMILES string of the molecule is Cc1[nH+]c(N2CCOCC2)c(C#N)c2c1CSC(C)(C)C2. The van der Waals surface area contributed by atoms with E-state index in [9.17, 15) is 5.26 Å². The van der Waals surface area contributed by atoms with E-state index in [1.165, 1.54) is 16.8 Å². The van der Waals surface area contributed by atoms with E-state index in [2.05, 4.69) is 36.7 Å². The van der Waals surface area contributed by atoms with Crippen LogP contribution in [0.4, 0.5) is 5.82 Å². The molecule has 0 saturated carbocycles. The Kier molecular flexibility index (Phi) is 3.85. The third-order valence-electron chi connectivity index (χ3n) is 4.31. The zero-order valence-electron chi connectivity index (χ0n) is 13.0. The van der Waals surface area contributed by atoms with Gasteiger partial charge in [0.1, 0.15) is 30.4 Å². The second-order valence-corrected chi connectivity index (χ2v) is 8.05. The van der Waals surface area contributed by atoms with Crippen LogP contribution in [0.25, 0.3) is 0 Å². The van der Waals surface area contributed by atoms with E-state index < -0.39 is 0 Å². The lowest BCUT2D eigenvalue weighted by Gasteiger charge is -2.32. The number of pyridine rings is 1. The fraction of sp³-hybridized carbons (Fsp3) is 0.625. The second kappa shape index (κ2) is 5.51. The first-order valence-corrected chi connectivity index (χ1v) is 8.45. The van der Waals surface area contributed by atoms with Crippen LogP contribution in [0.2, 0.25) is 0 Å². The molecular weight excluding hydrogens is 282 g/mol. The second-order valence-electron chi connectivity index (χ2n) is 6.37. The van der Waals surface area contributed by atoms with E-state index in [1.807, 2.05) is 11.8 Å². The van der Waals surface area contributed by atoms with Gasteiger partial charge in [0.2, 0.25) is 0 Å². The van der Waals surface area contributed by atoms with Crippen LogP contribution >= 0.6 is 11.8 Å². The van der Waals surface area contributed by atoms with Crippen molar-refractivity contribution in [3.05, 3.63) is 22.4 Å². The molecule has 112 valence electrons. The Labute approximate surface area is 130 Å². The van der Waals surface area contributed by atoms with E-state index >= 15 is 0 Å². The number of hydrogen-bond acceptors (Lipinski definition) is 4. The molecule has 4 nitrogen and oxygen atoms in total. The van der Waals surface area contributed by atoms with E-state index in [0.29, 0.717) is 0 Å². The molecule has 1 saturated heterocycles. The number of H-pyrrole nitrogens is 1. The molecule has 3 rings (SSSR count). The molecule has 0 spiro atoms. The van der Waals surface area contributed by atoms with Gasteiger partial charge in [-0.15, -0.1) is 0 Å². The van der Waals surface area contributed by atoms with Gasteiger partial charge in [-0.25, -0.2) is 4.98 Å². The molecule has 0 bridgehead atoms. The molecule has 2 aliphatic heterocycles. The Bertz CT molecular complexity index is 601. The summed E-state index contributed by atoms with van der Waals surface area (Å²) in [6.07, 6.45) is 0.961. The third-order valence-corrected chi connectivity index (χ3v) is 5.67. The molecule has 0 radical (unpaired) electrons. The lowest BCUT2D eigenvalue weighted by Crippen LogP contribution is -2.41. The Hall–Kier alpha value is -1.25. The highest BCUT2D eigenvalue weighted by atomic mass is 32.2. The van der Waals surface area contributed by atoms with Crippen molar-refractivity contribution < 1.29 is 9.72 Å². The molecule has 1 fully saturated rings. The molecule has 0 unspecified atom stereocenters. The van der Waals surface area contributed by atoms with E-state index in [1.54, 1.807) is 0 Å². The van der Waals surface area contributed by atoms with Crippen LogP contribution < -0.4 is 9.88 Å². The number of aromatic nitrogens is 1. The number of morpholine rings is 1. The molecule has 1 N–H and O–H groups in total. The zero-order chi connectivity index (χ0) is 15.0. The highest BCUT2D eigenvalue weighted by Gasteiger charge is 2.34. The van der Waals surface area contributed by atoms with Gasteiger partial charge in [-0.1, -0.05) is 13.8 Å². The summed E-state index contributed by atoms with van der Waals surface area (Å²) in [5.41, 5.74) is 4.62. The quantitative estimate of drug-likeness (QED) is 0.797. The van der Waals surface area contributed by atoms with Crippen LogP contribution in [-0.2, 0) is 16.9 Å². The summed E-state index contributed by atoms with van der Waals surface area (Å²) in [6.45, 7) is 9.82. The van der Waals surface area contributed by atoms with E-state index in [4.69, 9.17) is 4.74 Å². The Balaban J connectivity index is 2.10. The number of rotatable bonds is 1. The summed E-state index contributed by atoms with van der Waals surface area (Å²) in [5.74, 6) is 1.97. The number of nitriles is 1. The summed E-state index contributed by atoms with van der Waals surface area (Å²) in [4.78, 5) is 5.74. The van der Waals surface area contributed by atoms with Crippen LogP contribution in [0.15, 0.2) is 0 Å². The molecule has 0 amide bonds. The van der Waals surface area contributed by atoms with Crippen molar-refractivity contribution in [3.8, 4) is 6.07 Å². The standard InChI is InChI=1S/C16H21N3OS/c1-11-14-10-21-16(2,3)8-12(14)13(9-17)15(18-11)19-4-6-20-7-5-19/h4-8,10H2,1-3H3/p+1. The number of ether oxygens (including phenoxy) is 1. The van der Waals surface area contributed by atoms with Crippen molar-refractivity contribution in [1.82, 2.24) is 0 Å². The van der Waals surface area contributed by atoms with Crippen molar-refractivity contribution in [1.29, 1.82) is 5.26 Å². The number of aromatic amines is 1. The monoisotopic (exact) mass is 304 g/mol. The molecule has 1 aromatic heterocycles.